The van der Waals surface area contributed by atoms with Gasteiger partial charge in [-0.1, -0.05) is 227 Å². The molecule has 6 heteroatoms. The van der Waals surface area contributed by atoms with E-state index in [1.165, 1.54) is 103 Å². The summed E-state index contributed by atoms with van der Waals surface area (Å²) in [6.07, 6.45) is 72.7. The maximum absolute atomic E-state index is 12.8. The molecular weight excluding hydrogens is 829 g/mol. The van der Waals surface area contributed by atoms with Gasteiger partial charge in [0.25, 0.3) is 0 Å². The van der Waals surface area contributed by atoms with Gasteiger partial charge in [-0.3, -0.25) is 14.4 Å². The first kappa shape index (κ1) is 63.3. The molecule has 0 radical (unpaired) electrons. The number of carbonyl (C=O) groups excluding carboxylic acids is 3. The van der Waals surface area contributed by atoms with Crippen LogP contribution < -0.4 is 0 Å². The summed E-state index contributed by atoms with van der Waals surface area (Å²) in [5.41, 5.74) is 0. The van der Waals surface area contributed by atoms with E-state index in [-0.39, 0.29) is 31.6 Å². The molecule has 67 heavy (non-hydrogen) atoms. The number of carbonyl (C=O) groups is 3. The fourth-order valence-electron chi connectivity index (χ4n) is 7.41. The second-order valence-electron chi connectivity index (χ2n) is 18.1. The zero-order chi connectivity index (χ0) is 48.6. The van der Waals surface area contributed by atoms with Crippen LogP contribution in [0.5, 0.6) is 0 Å². The Hall–Kier alpha value is -3.67. The minimum Gasteiger partial charge on any atom is -0.462 e. The molecule has 0 bridgehead atoms. The molecule has 0 aromatic rings. The van der Waals surface area contributed by atoms with E-state index >= 15 is 0 Å². The van der Waals surface area contributed by atoms with E-state index in [0.717, 1.165) is 103 Å². The zero-order valence-corrected chi connectivity index (χ0v) is 43.6. The third-order valence-corrected chi connectivity index (χ3v) is 11.5. The standard InChI is InChI=1S/C61H102O6/c1-4-7-10-13-16-19-22-25-26-27-28-29-30-31-32-33-34-37-39-42-45-48-51-54-60(63)66-57-58(67-61(64)55-52-49-46-43-40-36-24-21-18-15-12-9-6-3)56-65-59(62)53-50-47-44-41-38-35-23-20-17-14-11-8-5-2/h9,11-12,14,18,20-23,25,27-28,36,40,46,49,58H,4-8,10,13,15-17,19,24,26,29-35,37-39,41-45,47-48,50-57H2,1-3H3/b12-9-,14-11-,21-18-,23-20-,25-22-,28-27-,40-36-,49-46-. The molecule has 382 valence electrons. The fraction of sp³-hybridized carbons (Fsp3) is 0.689. The predicted octanol–water partition coefficient (Wildman–Crippen LogP) is 18.5. The Kier molecular flexibility index (Phi) is 51.9. The molecule has 0 rings (SSSR count). The van der Waals surface area contributed by atoms with E-state index in [9.17, 15) is 14.4 Å². The summed E-state index contributed by atoms with van der Waals surface area (Å²) in [4.78, 5) is 38.0. The van der Waals surface area contributed by atoms with Gasteiger partial charge in [-0.05, 0) is 103 Å². The van der Waals surface area contributed by atoms with Crippen molar-refractivity contribution in [2.24, 2.45) is 0 Å². The van der Waals surface area contributed by atoms with E-state index in [4.69, 9.17) is 14.2 Å². The van der Waals surface area contributed by atoms with Gasteiger partial charge >= 0.3 is 17.9 Å². The normalized spacial score (nSPS) is 12.8. The summed E-state index contributed by atoms with van der Waals surface area (Å²) in [6, 6.07) is 0. The third kappa shape index (κ3) is 53.2. The van der Waals surface area contributed by atoms with Gasteiger partial charge in [-0.25, -0.2) is 0 Å². The highest BCUT2D eigenvalue weighted by Crippen LogP contribution is 2.14. The average Bonchev–Trinajstić information content (AvgIpc) is 3.33. The minimum absolute atomic E-state index is 0.112. The van der Waals surface area contributed by atoms with E-state index in [1.54, 1.807) is 0 Å². The first-order valence-corrected chi connectivity index (χ1v) is 27.7. The minimum atomic E-state index is -0.822. The van der Waals surface area contributed by atoms with E-state index in [2.05, 4.69) is 106 Å². The van der Waals surface area contributed by atoms with Crippen LogP contribution in [0.15, 0.2) is 97.2 Å². The Labute approximate surface area is 413 Å². The molecule has 0 N–H and O–H groups in total. The highest BCUT2D eigenvalue weighted by molar-refractivity contribution is 5.71. The lowest BCUT2D eigenvalue weighted by molar-refractivity contribution is -0.166. The SMILES string of the molecule is CC/C=C\C/C=C\C/C=C\C/C=C\CCC(=O)OC(COC(=O)CCCCCCC/C=C\C/C=C\CCC)COC(=O)CCCCCCCCCCCCC/C=C\C/C=C\CCCCCCC. The number of hydrogen-bond acceptors (Lipinski definition) is 6. The van der Waals surface area contributed by atoms with Gasteiger partial charge in [0.05, 0.1) is 0 Å². The number of allylic oxidation sites excluding steroid dienone is 16. The van der Waals surface area contributed by atoms with E-state index in [1.807, 2.05) is 12.2 Å². The smallest absolute Gasteiger partial charge is 0.306 e. The first-order valence-electron chi connectivity index (χ1n) is 27.7. The van der Waals surface area contributed by atoms with Crippen molar-refractivity contribution in [1.82, 2.24) is 0 Å². The summed E-state index contributed by atoms with van der Waals surface area (Å²) in [7, 11) is 0. The quantitative estimate of drug-likeness (QED) is 0.0262. The van der Waals surface area contributed by atoms with Crippen molar-refractivity contribution in [2.75, 3.05) is 13.2 Å². The lowest BCUT2D eigenvalue weighted by Gasteiger charge is -2.18. The molecule has 0 aliphatic carbocycles. The van der Waals surface area contributed by atoms with Gasteiger partial charge in [-0.15, -0.1) is 0 Å². The topological polar surface area (TPSA) is 78.9 Å². The Morgan fingerprint density at radius 3 is 1.03 bits per heavy atom. The number of esters is 3. The molecule has 1 atom stereocenters. The van der Waals surface area contributed by atoms with Gasteiger partial charge in [-0.2, -0.15) is 0 Å². The van der Waals surface area contributed by atoms with Gasteiger partial charge in [0.1, 0.15) is 13.2 Å². The monoisotopic (exact) mass is 931 g/mol. The Balaban J connectivity index is 4.37. The predicted molar refractivity (Wildman–Crippen MR) is 288 cm³/mol. The van der Waals surface area contributed by atoms with Crippen molar-refractivity contribution in [3.8, 4) is 0 Å². The summed E-state index contributed by atoms with van der Waals surface area (Å²) in [6.45, 7) is 6.37. The van der Waals surface area contributed by atoms with Crippen LogP contribution in [0.3, 0.4) is 0 Å². The third-order valence-electron chi connectivity index (χ3n) is 11.5. The lowest BCUT2D eigenvalue weighted by atomic mass is 10.0. The van der Waals surface area contributed by atoms with Gasteiger partial charge in [0.2, 0.25) is 0 Å². The van der Waals surface area contributed by atoms with Crippen LogP contribution in [0, 0.1) is 0 Å². The molecule has 0 aromatic heterocycles. The number of unbranched alkanes of at least 4 members (excludes halogenated alkanes) is 22. The van der Waals surface area contributed by atoms with Crippen molar-refractivity contribution >= 4 is 17.9 Å². The molecule has 0 saturated carbocycles. The maximum Gasteiger partial charge on any atom is 0.306 e. The van der Waals surface area contributed by atoms with Crippen LogP contribution in [0.4, 0.5) is 0 Å². The number of rotatable bonds is 49. The van der Waals surface area contributed by atoms with E-state index in [0.29, 0.717) is 19.3 Å². The largest absolute Gasteiger partial charge is 0.462 e. The van der Waals surface area contributed by atoms with Crippen LogP contribution in [0.1, 0.15) is 252 Å². The molecule has 6 nitrogen and oxygen atoms in total. The molecule has 0 spiro atoms. The van der Waals surface area contributed by atoms with Crippen molar-refractivity contribution in [3.05, 3.63) is 97.2 Å². The van der Waals surface area contributed by atoms with Crippen LogP contribution >= 0.6 is 0 Å². The maximum atomic E-state index is 12.8. The molecular formula is C61H102O6. The molecule has 0 heterocycles. The highest BCUT2D eigenvalue weighted by atomic mass is 16.6. The van der Waals surface area contributed by atoms with Crippen LogP contribution in [0.25, 0.3) is 0 Å². The molecule has 0 aromatic carbocycles. The van der Waals surface area contributed by atoms with Crippen molar-refractivity contribution < 1.29 is 28.6 Å². The Morgan fingerprint density at radius 1 is 0.313 bits per heavy atom. The summed E-state index contributed by atoms with van der Waals surface area (Å²) >= 11 is 0. The first-order chi connectivity index (χ1) is 33.0. The molecule has 0 saturated heterocycles. The van der Waals surface area contributed by atoms with Crippen molar-refractivity contribution in [2.45, 2.75) is 258 Å². The van der Waals surface area contributed by atoms with Crippen molar-refractivity contribution in [3.63, 3.8) is 0 Å². The van der Waals surface area contributed by atoms with Crippen LogP contribution in [-0.4, -0.2) is 37.2 Å². The average molecular weight is 931 g/mol. The van der Waals surface area contributed by atoms with Gasteiger partial charge < -0.3 is 14.2 Å². The fourth-order valence-corrected chi connectivity index (χ4v) is 7.41. The molecule has 0 fully saturated rings. The lowest BCUT2D eigenvalue weighted by Crippen LogP contribution is -2.30. The van der Waals surface area contributed by atoms with Gasteiger partial charge in [0, 0.05) is 19.3 Å². The second kappa shape index (κ2) is 54.9. The summed E-state index contributed by atoms with van der Waals surface area (Å²) in [5, 5.41) is 0. The number of ether oxygens (including phenoxy) is 3. The van der Waals surface area contributed by atoms with Gasteiger partial charge in [0.15, 0.2) is 6.10 Å². The number of hydrogen-bond donors (Lipinski definition) is 0. The Bertz CT molecular complexity index is 1350. The van der Waals surface area contributed by atoms with Crippen molar-refractivity contribution in [1.29, 1.82) is 0 Å². The Morgan fingerprint density at radius 2 is 0.642 bits per heavy atom. The summed E-state index contributed by atoms with van der Waals surface area (Å²) < 4.78 is 16.7. The second-order valence-corrected chi connectivity index (χ2v) is 18.1. The zero-order valence-electron chi connectivity index (χ0n) is 43.6. The molecule has 0 amide bonds. The molecule has 0 aliphatic rings. The summed E-state index contributed by atoms with van der Waals surface area (Å²) in [5.74, 6) is -1.01. The molecule has 1 unspecified atom stereocenters. The van der Waals surface area contributed by atoms with Crippen LogP contribution in [0.2, 0.25) is 0 Å². The van der Waals surface area contributed by atoms with Crippen LogP contribution in [-0.2, 0) is 28.6 Å². The highest BCUT2D eigenvalue weighted by Gasteiger charge is 2.19. The van der Waals surface area contributed by atoms with E-state index < -0.39 is 12.1 Å². The molecule has 0 aliphatic heterocycles.